The second-order valence-electron chi connectivity index (χ2n) is 15.7. The number of methoxy groups -OCH3 is 1. The average Bonchev–Trinajstić information content (AvgIpc) is 3.92. The highest BCUT2D eigenvalue weighted by Crippen LogP contribution is 2.45. The molecule has 5 atom stereocenters. The van der Waals surface area contributed by atoms with Gasteiger partial charge in [0.15, 0.2) is 0 Å². The fourth-order valence-electron chi connectivity index (χ4n) is 7.37. The lowest BCUT2D eigenvalue weighted by atomic mass is 9.85. The molecule has 6 rings (SSSR count). The third kappa shape index (κ3) is 8.40. The van der Waals surface area contributed by atoms with Crippen LogP contribution in [0.4, 0.5) is 4.79 Å². The molecule has 2 aromatic rings. The van der Waals surface area contributed by atoms with Gasteiger partial charge < -0.3 is 29.7 Å². The topological polar surface area (TPSA) is 179 Å². The Morgan fingerprint density at radius 1 is 0.981 bits per heavy atom. The molecule has 14 nitrogen and oxygen atoms in total. The van der Waals surface area contributed by atoms with Gasteiger partial charge in [-0.25, -0.2) is 9.52 Å². The van der Waals surface area contributed by atoms with Crippen molar-refractivity contribution in [2.75, 3.05) is 13.7 Å². The third-order valence-electron chi connectivity index (χ3n) is 10.6. The minimum Gasteiger partial charge on any atom is -0.496 e. The lowest BCUT2D eigenvalue weighted by Gasteiger charge is -2.35. The number of fused-ring (bicyclic) bond motifs is 1. The summed E-state index contributed by atoms with van der Waals surface area (Å²) in [5.41, 5.74) is -1.49. The molecule has 3 N–H and O–H groups in total. The maximum Gasteiger partial charge on any atom is 0.408 e. The number of hydrogen-bond acceptors (Lipinski definition) is 10. The maximum absolute atomic E-state index is 14.6. The van der Waals surface area contributed by atoms with E-state index in [9.17, 15) is 27.6 Å². The Hall–Kier alpha value is -4.37. The van der Waals surface area contributed by atoms with Gasteiger partial charge in [-0.1, -0.05) is 39.0 Å². The molecule has 1 aliphatic heterocycles. The molecule has 3 aliphatic carbocycles. The van der Waals surface area contributed by atoms with Gasteiger partial charge in [0.25, 0.3) is 5.91 Å². The van der Waals surface area contributed by atoms with Crippen LogP contribution in [0.5, 0.6) is 11.5 Å². The van der Waals surface area contributed by atoms with E-state index < -0.39 is 75.3 Å². The predicted octanol–water partition coefficient (Wildman–Crippen LogP) is 4.19. The predicted molar refractivity (Wildman–Crippen MR) is 195 cm³/mol. The van der Waals surface area contributed by atoms with Crippen LogP contribution < -0.4 is 24.8 Å². The second-order valence-corrected chi connectivity index (χ2v) is 17.0. The first kappa shape index (κ1) is 38.4. The van der Waals surface area contributed by atoms with E-state index in [2.05, 4.69) is 17.2 Å². The molecule has 0 spiro atoms. The summed E-state index contributed by atoms with van der Waals surface area (Å²) in [6, 6.07) is 7.14. The van der Waals surface area contributed by atoms with E-state index in [0.717, 1.165) is 47.8 Å². The summed E-state index contributed by atoms with van der Waals surface area (Å²) in [5, 5.41) is 7.27. The van der Waals surface area contributed by atoms with Crippen LogP contribution >= 0.6 is 0 Å². The zero-order valence-electron chi connectivity index (χ0n) is 30.9. The van der Waals surface area contributed by atoms with Crippen molar-refractivity contribution in [3.05, 3.63) is 48.6 Å². The zero-order valence-corrected chi connectivity index (χ0v) is 31.8. The molecule has 0 aromatic heterocycles. The SMILES string of the molecule is C=C[C@H]1C[C@]1(NC(=O)C1CC(Oc2cccc3c(C)c(OC)ccc23)CN1C(=O)C(NC(=O)OC1CCCC1)C(C)(C)C)C(=O)NS(=O)(=O)OC1CC1. The van der Waals surface area contributed by atoms with Crippen LogP contribution in [0.1, 0.15) is 77.7 Å². The number of benzene rings is 2. The van der Waals surface area contributed by atoms with E-state index in [1.54, 1.807) is 27.9 Å². The molecule has 0 bridgehead atoms. The fourth-order valence-corrected chi connectivity index (χ4v) is 8.38. The molecule has 4 fully saturated rings. The number of nitrogens with one attached hydrogen (secondary N) is 3. The van der Waals surface area contributed by atoms with Crippen LogP contribution in [0.25, 0.3) is 10.8 Å². The lowest BCUT2D eigenvalue weighted by molar-refractivity contribution is -0.143. The Balaban J connectivity index is 1.27. The van der Waals surface area contributed by atoms with Crippen molar-refractivity contribution in [2.45, 2.75) is 115 Å². The van der Waals surface area contributed by atoms with Crippen molar-refractivity contribution in [1.29, 1.82) is 0 Å². The number of rotatable bonds is 13. The lowest BCUT2D eigenvalue weighted by Crippen LogP contribution is -2.60. The fraction of sp³-hybridized carbons (Fsp3) is 0.579. The highest BCUT2D eigenvalue weighted by atomic mass is 32.2. The number of likely N-dealkylation sites (tertiary alicyclic amines) is 1. The van der Waals surface area contributed by atoms with Crippen LogP contribution in [-0.2, 0) is 33.6 Å². The second kappa shape index (κ2) is 14.8. The molecule has 1 heterocycles. The van der Waals surface area contributed by atoms with Gasteiger partial charge in [0.05, 0.1) is 19.8 Å². The van der Waals surface area contributed by atoms with Crippen LogP contribution in [0.2, 0.25) is 0 Å². The van der Waals surface area contributed by atoms with Gasteiger partial charge in [-0.3, -0.25) is 18.6 Å². The van der Waals surface area contributed by atoms with E-state index in [-0.39, 0.29) is 25.5 Å². The summed E-state index contributed by atoms with van der Waals surface area (Å²) in [7, 11) is -2.82. The van der Waals surface area contributed by atoms with Crippen molar-refractivity contribution in [1.82, 2.24) is 20.3 Å². The van der Waals surface area contributed by atoms with E-state index in [4.69, 9.17) is 18.4 Å². The van der Waals surface area contributed by atoms with Crippen LogP contribution in [-0.4, -0.2) is 86.7 Å². The molecule has 3 saturated carbocycles. The van der Waals surface area contributed by atoms with Crippen molar-refractivity contribution >= 4 is 44.9 Å². The maximum atomic E-state index is 14.6. The standard InChI is InChI=1S/C38H50N4O10S/c1-7-23-20-38(23,35(45)41-53(47,48)52-25-15-16-25)40-33(43)29-19-26(50-31-14-10-13-27-22(2)30(49-6)18-17-28(27)31)21-42(29)34(44)32(37(3,4)5)39-36(46)51-24-11-8-9-12-24/h7,10,13-14,17-18,23-26,29,32H,1,8-9,11-12,15-16,19-21H2,2-6H3,(H,39,46)(H,40,43)(H,41,45)/t23-,26?,29?,32?,38+/m0/s1. The highest BCUT2D eigenvalue weighted by molar-refractivity contribution is 7.85. The smallest absolute Gasteiger partial charge is 0.408 e. The number of hydrogen-bond donors (Lipinski definition) is 3. The Morgan fingerprint density at radius 2 is 1.70 bits per heavy atom. The summed E-state index contributed by atoms with van der Waals surface area (Å²) in [4.78, 5) is 56.8. The summed E-state index contributed by atoms with van der Waals surface area (Å²) in [6.07, 6.45) is 4.10. The van der Waals surface area contributed by atoms with Crippen molar-refractivity contribution in [3.63, 3.8) is 0 Å². The average molecular weight is 755 g/mol. The van der Waals surface area contributed by atoms with Crippen molar-refractivity contribution < 1.29 is 46.0 Å². The Labute approximate surface area is 310 Å². The molecule has 15 heteroatoms. The first-order valence-electron chi connectivity index (χ1n) is 18.3. The number of nitrogens with zero attached hydrogens (tertiary/aromatic N) is 1. The summed E-state index contributed by atoms with van der Waals surface area (Å²) < 4.78 is 49.8. The molecule has 288 valence electrons. The van der Waals surface area contributed by atoms with E-state index in [0.29, 0.717) is 18.6 Å². The van der Waals surface area contributed by atoms with E-state index in [1.165, 1.54) is 11.0 Å². The van der Waals surface area contributed by atoms with E-state index >= 15 is 0 Å². The van der Waals surface area contributed by atoms with Gasteiger partial charge in [-0.2, -0.15) is 8.42 Å². The first-order chi connectivity index (χ1) is 25.0. The van der Waals surface area contributed by atoms with Crippen molar-refractivity contribution in [3.8, 4) is 11.5 Å². The Bertz CT molecular complexity index is 1880. The van der Waals surface area contributed by atoms with Gasteiger partial charge >= 0.3 is 16.4 Å². The molecule has 4 aliphatic rings. The Kier molecular flexibility index (Phi) is 10.7. The number of aryl methyl sites for hydroxylation is 1. The molecular weight excluding hydrogens is 705 g/mol. The summed E-state index contributed by atoms with van der Waals surface area (Å²) in [6.45, 7) is 11.1. The number of amides is 4. The van der Waals surface area contributed by atoms with Crippen LogP contribution in [0.15, 0.2) is 43.0 Å². The van der Waals surface area contributed by atoms with Gasteiger partial charge in [0, 0.05) is 17.7 Å². The summed E-state index contributed by atoms with van der Waals surface area (Å²) >= 11 is 0. The third-order valence-corrected chi connectivity index (χ3v) is 11.6. The summed E-state index contributed by atoms with van der Waals surface area (Å²) in [5.74, 6) is -1.46. The minimum absolute atomic E-state index is 0.0118. The first-order valence-corrected chi connectivity index (χ1v) is 19.7. The number of ether oxygens (including phenoxy) is 3. The van der Waals surface area contributed by atoms with Gasteiger partial charge in [-0.05, 0) is 86.4 Å². The largest absolute Gasteiger partial charge is 0.496 e. The number of carbonyl (C=O) groups excluding carboxylic acids is 4. The zero-order chi connectivity index (χ0) is 38.3. The van der Waals surface area contributed by atoms with Gasteiger partial charge in [0.2, 0.25) is 11.8 Å². The number of alkyl carbamates (subject to hydrolysis) is 1. The normalized spacial score (nSPS) is 25.0. The Morgan fingerprint density at radius 3 is 2.32 bits per heavy atom. The monoisotopic (exact) mass is 754 g/mol. The van der Waals surface area contributed by atoms with Crippen molar-refractivity contribution in [2.24, 2.45) is 11.3 Å². The van der Waals surface area contributed by atoms with Crippen LogP contribution in [0.3, 0.4) is 0 Å². The molecule has 53 heavy (non-hydrogen) atoms. The molecule has 3 unspecified atom stereocenters. The quantitative estimate of drug-likeness (QED) is 0.251. The number of carbonyl (C=O) groups is 4. The van der Waals surface area contributed by atoms with Gasteiger partial charge in [0.1, 0.15) is 41.3 Å². The van der Waals surface area contributed by atoms with Gasteiger partial charge in [-0.15, -0.1) is 6.58 Å². The van der Waals surface area contributed by atoms with E-state index in [1.807, 2.05) is 42.0 Å². The highest BCUT2D eigenvalue weighted by Gasteiger charge is 2.62. The van der Waals surface area contributed by atoms with Crippen LogP contribution in [0, 0.1) is 18.3 Å². The molecule has 2 aromatic carbocycles. The molecule has 4 amide bonds. The molecule has 0 radical (unpaired) electrons. The molecular formula is C38H50N4O10S. The minimum atomic E-state index is -4.42. The molecule has 1 saturated heterocycles.